The Kier molecular flexibility index (Phi) is 2.11. The van der Waals surface area contributed by atoms with Crippen molar-refractivity contribution in [3.05, 3.63) is 30.6 Å². The number of anilines is 1. The predicted molar refractivity (Wildman–Crippen MR) is 66.7 cm³/mol. The van der Waals surface area contributed by atoms with Crippen LogP contribution < -0.4 is 5.32 Å². The first-order valence-electron chi connectivity index (χ1n) is 4.94. The number of aromatic amines is 1. The number of thiazole rings is 1. The maximum absolute atomic E-state index is 4.44. The van der Waals surface area contributed by atoms with E-state index in [4.69, 9.17) is 0 Å². The van der Waals surface area contributed by atoms with Crippen LogP contribution in [0.25, 0.3) is 21.3 Å². The summed E-state index contributed by atoms with van der Waals surface area (Å²) in [6.45, 7) is 0. The van der Waals surface area contributed by atoms with Crippen molar-refractivity contribution in [1.82, 2.24) is 15.2 Å². The molecule has 0 unspecified atom stereocenters. The number of aromatic nitrogens is 3. The van der Waals surface area contributed by atoms with E-state index >= 15 is 0 Å². The summed E-state index contributed by atoms with van der Waals surface area (Å²) in [4.78, 5) is 4.44. The zero-order valence-electron chi connectivity index (χ0n) is 8.69. The van der Waals surface area contributed by atoms with E-state index in [1.807, 2.05) is 25.5 Å². The van der Waals surface area contributed by atoms with Gasteiger partial charge in [-0.15, -0.1) is 0 Å². The third-order valence-corrected chi connectivity index (χ3v) is 3.47. The molecule has 2 heterocycles. The second kappa shape index (κ2) is 3.61. The summed E-state index contributed by atoms with van der Waals surface area (Å²) in [5.41, 5.74) is 3.29. The molecule has 16 heavy (non-hydrogen) atoms. The fourth-order valence-electron chi connectivity index (χ4n) is 1.62. The van der Waals surface area contributed by atoms with Gasteiger partial charge in [0.05, 0.1) is 16.4 Å². The number of H-pyrrole nitrogens is 1. The zero-order chi connectivity index (χ0) is 11.0. The van der Waals surface area contributed by atoms with Crippen LogP contribution in [0.15, 0.2) is 30.6 Å². The second-order valence-electron chi connectivity index (χ2n) is 3.44. The van der Waals surface area contributed by atoms with Crippen LogP contribution in [-0.2, 0) is 0 Å². The zero-order valence-corrected chi connectivity index (χ0v) is 9.51. The molecular weight excluding hydrogens is 220 g/mol. The summed E-state index contributed by atoms with van der Waals surface area (Å²) in [5.74, 6) is 0. The SMILES string of the molecule is CNc1nc2ccc(-c3cn[nH]c3)cc2s1. The molecule has 5 heteroatoms. The van der Waals surface area contributed by atoms with Crippen LogP contribution in [-0.4, -0.2) is 22.2 Å². The van der Waals surface area contributed by atoms with Crippen LogP contribution >= 0.6 is 11.3 Å². The minimum atomic E-state index is 0.944. The predicted octanol–water partition coefficient (Wildman–Crippen LogP) is 2.73. The van der Waals surface area contributed by atoms with Gasteiger partial charge in [-0.05, 0) is 17.7 Å². The lowest BCUT2D eigenvalue weighted by atomic mass is 10.1. The first-order valence-corrected chi connectivity index (χ1v) is 5.76. The average molecular weight is 230 g/mol. The van der Waals surface area contributed by atoms with Gasteiger partial charge in [-0.3, -0.25) is 5.10 Å². The maximum atomic E-state index is 4.44. The van der Waals surface area contributed by atoms with Crippen molar-refractivity contribution in [2.45, 2.75) is 0 Å². The highest BCUT2D eigenvalue weighted by molar-refractivity contribution is 7.22. The normalized spacial score (nSPS) is 10.8. The number of fused-ring (bicyclic) bond motifs is 1. The molecular formula is C11H10N4S. The van der Waals surface area contributed by atoms with E-state index in [0.29, 0.717) is 0 Å². The summed E-state index contributed by atoms with van der Waals surface area (Å²) < 4.78 is 1.18. The van der Waals surface area contributed by atoms with Crippen molar-refractivity contribution in [3.8, 4) is 11.1 Å². The van der Waals surface area contributed by atoms with Crippen LogP contribution in [0.1, 0.15) is 0 Å². The van der Waals surface area contributed by atoms with E-state index < -0.39 is 0 Å². The van der Waals surface area contributed by atoms with Gasteiger partial charge in [0.25, 0.3) is 0 Å². The minimum Gasteiger partial charge on any atom is -0.365 e. The molecule has 0 amide bonds. The molecule has 1 aromatic carbocycles. The van der Waals surface area contributed by atoms with Crippen molar-refractivity contribution in [1.29, 1.82) is 0 Å². The van der Waals surface area contributed by atoms with Gasteiger partial charge in [-0.25, -0.2) is 4.98 Å². The molecule has 4 nitrogen and oxygen atoms in total. The van der Waals surface area contributed by atoms with Crippen LogP contribution in [0, 0.1) is 0 Å². The number of benzene rings is 1. The molecule has 3 aromatic rings. The number of rotatable bonds is 2. The highest BCUT2D eigenvalue weighted by atomic mass is 32.1. The topological polar surface area (TPSA) is 53.6 Å². The number of hydrogen-bond acceptors (Lipinski definition) is 4. The molecule has 80 valence electrons. The first-order chi connectivity index (χ1) is 7.86. The molecule has 0 bridgehead atoms. The van der Waals surface area contributed by atoms with E-state index in [9.17, 15) is 0 Å². The maximum Gasteiger partial charge on any atom is 0.183 e. The molecule has 0 aliphatic carbocycles. The Hall–Kier alpha value is -1.88. The lowest BCUT2D eigenvalue weighted by Crippen LogP contribution is -1.83. The molecule has 0 radical (unpaired) electrons. The minimum absolute atomic E-state index is 0.944. The summed E-state index contributed by atoms with van der Waals surface area (Å²) in [5, 5.41) is 10.8. The molecule has 3 rings (SSSR count). The highest BCUT2D eigenvalue weighted by Gasteiger charge is 2.05. The molecule has 2 aromatic heterocycles. The molecule has 0 fully saturated rings. The van der Waals surface area contributed by atoms with Gasteiger partial charge in [0.2, 0.25) is 0 Å². The standard InChI is InChI=1S/C11H10N4S/c1-12-11-15-9-3-2-7(4-10(9)16-11)8-5-13-14-6-8/h2-6H,1H3,(H,12,15)(H,13,14). The molecule has 0 aliphatic rings. The fourth-order valence-corrected chi connectivity index (χ4v) is 2.48. The summed E-state index contributed by atoms with van der Waals surface area (Å²) in [6.07, 6.45) is 3.71. The lowest BCUT2D eigenvalue weighted by molar-refractivity contribution is 1.09. The van der Waals surface area contributed by atoms with Crippen molar-refractivity contribution in [3.63, 3.8) is 0 Å². The van der Waals surface area contributed by atoms with Gasteiger partial charge in [-0.1, -0.05) is 17.4 Å². The molecule has 0 spiro atoms. The van der Waals surface area contributed by atoms with E-state index in [1.54, 1.807) is 11.3 Å². The average Bonchev–Trinajstić information content (AvgIpc) is 2.96. The van der Waals surface area contributed by atoms with E-state index in [2.05, 4.69) is 32.6 Å². The Bertz CT molecular complexity index is 612. The number of hydrogen-bond donors (Lipinski definition) is 2. The smallest absolute Gasteiger partial charge is 0.183 e. The third kappa shape index (κ3) is 1.45. The lowest BCUT2D eigenvalue weighted by Gasteiger charge is -1.95. The van der Waals surface area contributed by atoms with Crippen LogP contribution in [0.5, 0.6) is 0 Å². The summed E-state index contributed by atoms with van der Waals surface area (Å²) >= 11 is 1.66. The number of nitrogens with one attached hydrogen (secondary N) is 2. The number of nitrogens with zero attached hydrogens (tertiary/aromatic N) is 2. The van der Waals surface area contributed by atoms with Gasteiger partial charge in [-0.2, -0.15) is 5.10 Å². The van der Waals surface area contributed by atoms with Crippen molar-refractivity contribution in [2.75, 3.05) is 12.4 Å². The Morgan fingerprint density at radius 2 is 2.25 bits per heavy atom. The molecule has 0 saturated carbocycles. The fraction of sp³-hybridized carbons (Fsp3) is 0.0909. The van der Waals surface area contributed by atoms with Crippen LogP contribution in [0.3, 0.4) is 0 Å². The summed E-state index contributed by atoms with van der Waals surface area (Å²) in [7, 11) is 1.88. The second-order valence-corrected chi connectivity index (χ2v) is 4.47. The van der Waals surface area contributed by atoms with Crippen LogP contribution in [0.2, 0.25) is 0 Å². The van der Waals surface area contributed by atoms with Crippen molar-refractivity contribution >= 4 is 26.7 Å². The van der Waals surface area contributed by atoms with E-state index in [1.165, 1.54) is 4.70 Å². The monoisotopic (exact) mass is 230 g/mol. The quantitative estimate of drug-likeness (QED) is 0.711. The van der Waals surface area contributed by atoms with Crippen LogP contribution in [0.4, 0.5) is 5.13 Å². The largest absolute Gasteiger partial charge is 0.365 e. The Morgan fingerprint density at radius 3 is 3.00 bits per heavy atom. The van der Waals surface area contributed by atoms with Crippen molar-refractivity contribution < 1.29 is 0 Å². The van der Waals surface area contributed by atoms with Crippen molar-refractivity contribution in [2.24, 2.45) is 0 Å². The third-order valence-electron chi connectivity index (χ3n) is 2.43. The molecule has 2 N–H and O–H groups in total. The van der Waals surface area contributed by atoms with Gasteiger partial charge < -0.3 is 5.32 Å². The van der Waals surface area contributed by atoms with E-state index in [0.717, 1.165) is 21.8 Å². The molecule has 0 saturated heterocycles. The van der Waals surface area contributed by atoms with Gasteiger partial charge in [0.15, 0.2) is 5.13 Å². The Morgan fingerprint density at radius 1 is 1.31 bits per heavy atom. The Balaban J connectivity index is 2.15. The van der Waals surface area contributed by atoms with Gasteiger partial charge >= 0.3 is 0 Å². The molecule has 0 aliphatic heterocycles. The highest BCUT2D eigenvalue weighted by Crippen LogP contribution is 2.29. The Labute approximate surface area is 96.3 Å². The first kappa shape index (κ1) is 9.35. The van der Waals surface area contributed by atoms with Gasteiger partial charge in [0, 0.05) is 18.8 Å². The molecule has 0 atom stereocenters. The summed E-state index contributed by atoms with van der Waals surface area (Å²) in [6, 6.07) is 6.24. The van der Waals surface area contributed by atoms with E-state index in [-0.39, 0.29) is 0 Å². The van der Waals surface area contributed by atoms with Gasteiger partial charge in [0.1, 0.15) is 0 Å².